The maximum atomic E-state index is 13.2. The van der Waals surface area contributed by atoms with Crippen molar-refractivity contribution in [1.82, 2.24) is 0 Å². The standard InChI is InChI=1S/C69H112O12/c1-4-7-10-13-16-19-22-25-28-30-31-33-35-37-40-43-46-49-52-55-61(70)77-58-60(79-62(71)56-53-50-47-44-41-38-34-27-24-21-18-15-12-9-6-3)59-78-69-67(65(74)64(73)66(81-69)68(75)76)80-63(72)57-54-51-48-45-42-39-36-32-29-26-23-20-17-14-11-8-5-2/h8-9,11-12,17-18,20-21,25-29,34,36,39,45,48,60,64-67,69,73-74H,4-7,10,13-16,19,22-24,30-33,35,37-38,40-44,46-47,49-59H2,1-3H3,(H,75,76)/b11-8-,12-9-,20-17-,21-18-,28-25-,29-26-,34-27-,39-36-,48-45-. The summed E-state index contributed by atoms with van der Waals surface area (Å²) in [5.41, 5.74) is 0. The molecule has 460 valence electrons. The quantitative estimate of drug-likeness (QED) is 0.0228. The second kappa shape index (κ2) is 55.9. The molecule has 0 aromatic carbocycles. The Morgan fingerprint density at radius 2 is 0.790 bits per heavy atom. The summed E-state index contributed by atoms with van der Waals surface area (Å²) in [5.74, 6) is -3.23. The van der Waals surface area contributed by atoms with Crippen LogP contribution in [0, 0.1) is 0 Å². The molecule has 0 saturated carbocycles. The van der Waals surface area contributed by atoms with E-state index in [0.29, 0.717) is 25.7 Å². The number of aliphatic hydroxyl groups excluding tert-OH is 2. The largest absolute Gasteiger partial charge is 0.479 e. The van der Waals surface area contributed by atoms with E-state index in [9.17, 15) is 34.5 Å². The topological polar surface area (TPSA) is 175 Å². The minimum atomic E-state index is -1.93. The van der Waals surface area contributed by atoms with Crippen LogP contribution >= 0.6 is 0 Å². The molecule has 0 spiro atoms. The number of carboxylic acid groups (broad SMARTS) is 1. The van der Waals surface area contributed by atoms with Crippen molar-refractivity contribution < 1.29 is 58.2 Å². The van der Waals surface area contributed by atoms with Crippen molar-refractivity contribution in [2.75, 3.05) is 13.2 Å². The Morgan fingerprint density at radius 1 is 0.420 bits per heavy atom. The Balaban J connectivity index is 2.70. The SMILES string of the molecule is CC/C=C\C/C=C\C/C=C\C/C=C\C/C=C\CCCC(=O)OC1C(OCC(COC(=O)CCCCCCCCCCC/C=C\CCCCCCCC)OC(=O)CCCCCCC/C=C\C/C=C\C/C=C\CC)OC(C(=O)O)C(O)C1O. The first-order valence-electron chi connectivity index (χ1n) is 31.9. The van der Waals surface area contributed by atoms with E-state index in [1.807, 2.05) is 12.2 Å². The molecule has 1 rings (SSSR count). The minimum Gasteiger partial charge on any atom is -0.479 e. The molecule has 0 amide bonds. The van der Waals surface area contributed by atoms with Gasteiger partial charge in [0, 0.05) is 19.3 Å². The average molecular weight is 1130 g/mol. The van der Waals surface area contributed by atoms with Crippen molar-refractivity contribution in [1.29, 1.82) is 0 Å². The highest BCUT2D eigenvalue weighted by molar-refractivity contribution is 5.74. The van der Waals surface area contributed by atoms with Gasteiger partial charge in [-0.05, 0) is 116 Å². The van der Waals surface area contributed by atoms with Crippen molar-refractivity contribution in [3.63, 3.8) is 0 Å². The van der Waals surface area contributed by atoms with E-state index in [4.69, 9.17) is 23.7 Å². The van der Waals surface area contributed by atoms with Crippen molar-refractivity contribution in [2.45, 2.75) is 289 Å². The second-order valence-electron chi connectivity index (χ2n) is 21.3. The van der Waals surface area contributed by atoms with Gasteiger partial charge in [-0.15, -0.1) is 0 Å². The number of carboxylic acids is 1. The molecule has 0 aromatic heterocycles. The van der Waals surface area contributed by atoms with Crippen molar-refractivity contribution >= 4 is 23.9 Å². The Labute approximate surface area is 491 Å². The number of rotatable bonds is 53. The monoisotopic (exact) mass is 1130 g/mol. The molecule has 1 heterocycles. The first-order chi connectivity index (χ1) is 39.6. The van der Waals surface area contributed by atoms with Gasteiger partial charge in [0.15, 0.2) is 24.6 Å². The molecule has 1 aliphatic heterocycles. The zero-order chi connectivity index (χ0) is 58.9. The van der Waals surface area contributed by atoms with Crippen LogP contribution < -0.4 is 0 Å². The molecule has 0 aliphatic carbocycles. The Morgan fingerprint density at radius 3 is 1.23 bits per heavy atom. The van der Waals surface area contributed by atoms with Gasteiger partial charge in [-0.2, -0.15) is 0 Å². The van der Waals surface area contributed by atoms with Crippen molar-refractivity contribution in [2.24, 2.45) is 0 Å². The molecule has 0 aromatic rings. The van der Waals surface area contributed by atoms with Crippen LogP contribution in [0.1, 0.15) is 252 Å². The summed E-state index contributed by atoms with van der Waals surface area (Å²) in [7, 11) is 0. The number of allylic oxidation sites excluding steroid dienone is 18. The number of aliphatic hydroxyl groups is 2. The summed E-state index contributed by atoms with van der Waals surface area (Å²) < 4.78 is 28.4. The van der Waals surface area contributed by atoms with Crippen molar-refractivity contribution in [3.8, 4) is 0 Å². The summed E-state index contributed by atoms with van der Waals surface area (Å²) in [4.78, 5) is 51.3. The van der Waals surface area contributed by atoms with Gasteiger partial charge in [0.2, 0.25) is 0 Å². The van der Waals surface area contributed by atoms with E-state index in [-0.39, 0.29) is 25.9 Å². The molecule has 6 atom stereocenters. The van der Waals surface area contributed by atoms with Gasteiger partial charge in [-0.1, -0.05) is 226 Å². The molecule has 0 bridgehead atoms. The molecule has 0 radical (unpaired) electrons. The number of hydrogen-bond donors (Lipinski definition) is 3. The summed E-state index contributed by atoms with van der Waals surface area (Å²) in [6.07, 6.45) is 63.4. The van der Waals surface area contributed by atoms with E-state index in [1.165, 1.54) is 83.5 Å². The predicted molar refractivity (Wildman–Crippen MR) is 330 cm³/mol. The van der Waals surface area contributed by atoms with E-state index in [0.717, 1.165) is 103 Å². The average Bonchev–Trinajstić information content (AvgIpc) is 3.53. The number of aliphatic carboxylic acids is 1. The van der Waals surface area contributed by atoms with Gasteiger partial charge in [0.25, 0.3) is 0 Å². The van der Waals surface area contributed by atoms with Crippen LogP contribution in [0.15, 0.2) is 109 Å². The first-order valence-corrected chi connectivity index (χ1v) is 31.9. The van der Waals surface area contributed by atoms with Crippen LogP contribution in [0.5, 0.6) is 0 Å². The molecule has 12 nitrogen and oxygen atoms in total. The van der Waals surface area contributed by atoms with Gasteiger partial charge in [0.1, 0.15) is 18.8 Å². The molecule has 1 aliphatic rings. The van der Waals surface area contributed by atoms with Crippen LogP contribution in [-0.2, 0) is 42.9 Å². The molecule has 1 saturated heterocycles. The fraction of sp³-hybridized carbons (Fsp3) is 0.681. The van der Waals surface area contributed by atoms with Gasteiger partial charge in [-0.25, -0.2) is 4.79 Å². The zero-order valence-electron chi connectivity index (χ0n) is 50.7. The third-order valence-corrected chi connectivity index (χ3v) is 13.8. The van der Waals surface area contributed by atoms with Crippen molar-refractivity contribution in [3.05, 3.63) is 109 Å². The smallest absolute Gasteiger partial charge is 0.335 e. The van der Waals surface area contributed by atoms with E-state index in [1.54, 1.807) is 0 Å². The lowest BCUT2D eigenvalue weighted by Gasteiger charge is -2.40. The number of carbonyl (C=O) groups is 4. The summed E-state index contributed by atoms with van der Waals surface area (Å²) in [6, 6.07) is 0. The van der Waals surface area contributed by atoms with Crippen LogP contribution in [0.4, 0.5) is 0 Å². The predicted octanol–water partition coefficient (Wildman–Crippen LogP) is 17.0. The van der Waals surface area contributed by atoms with E-state index >= 15 is 0 Å². The molecule has 6 unspecified atom stereocenters. The third-order valence-electron chi connectivity index (χ3n) is 13.8. The lowest BCUT2D eigenvalue weighted by Crippen LogP contribution is -2.61. The molecule has 1 fully saturated rings. The summed E-state index contributed by atoms with van der Waals surface area (Å²) >= 11 is 0. The maximum absolute atomic E-state index is 13.2. The van der Waals surface area contributed by atoms with Crippen LogP contribution in [-0.4, -0.2) is 89.2 Å². The summed E-state index contributed by atoms with van der Waals surface area (Å²) in [6.45, 7) is 5.74. The summed E-state index contributed by atoms with van der Waals surface area (Å²) in [5, 5.41) is 31.5. The maximum Gasteiger partial charge on any atom is 0.335 e. The van der Waals surface area contributed by atoms with E-state index < -0.39 is 67.3 Å². The molecule has 3 N–H and O–H groups in total. The van der Waals surface area contributed by atoms with Gasteiger partial charge >= 0.3 is 23.9 Å². The van der Waals surface area contributed by atoms with Crippen LogP contribution in [0.3, 0.4) is 0 Å². The Kier molecular flexibility index (Phi) is 51.3. The van der Waals surface area contributed by atoms with Crippen LogP contribution in [0.2, 0.25) is 0 Å². The van der Waals surface area contributed by atoms with Gasteiger partial charge in [0.05, 0.1) is 6.61 Å². The van der Waals surface area contributed by atoms with Crippen LogP contribution in [0.25, 0.3) is 0 Å². The van der Waals surface area contributed by atoms with Gasteiger partial charge < -0.3 is 39.0 Å². The lowest BCUT2D eigenvalue weighted by molar-refractivity contribution is -0.301. The van der Waals surface area contributed by atoms with E-state index in [2.05, 4.69) is 118 Å². The molecular formula is C69H112O12. The Hall–Kier alpha value is -4.62. The highest BCUT2D eigenvalue weighted by Crippen LogP contribution is 2.26. The number of unbranched alkanes of at least 4 members (excludes halogenated alkanes) is 21. The highest BCUT2D eigenvalue weighted by Gasteiger charge is 2.50. The highest BCUT2D eigenvalue weighted by atomic mass is 16.7. The fourth-order valence-electron chi connectivity index (χ4n) is 9.00. The van der Waals surface area contributed by atoms with Gasteiger partial charge in [-0.3, -0.25) is 14.4 Å². The third kappa shape index (κ3) is 45.6. The second-order valence-corrected chi connectivity index (χ2v) is 21.3. The minimum absolute atomic E-state index is 0.0247. The number of carbonyl (C=O) groups excluding carboxylic acids is 3. The Bertz CT molecular complexity index is 1820. The fourth-order valence-corrected chi connectivity index (χ4v) is 9.00. The molecule has 81 heavy (non-hydrogen) atoms. The molecular weight excluding hydrogens is 1020 g/mol. The molecule has 12 heteroatoms. The first kappa shape index (κ1) is 74.4. The number of ether oxygens (including phenoxy) is 5. The lowest BCUT2D eigenvalue weighted by atomic mass is 9.98. The normalized spacial score (nSPS) is 18.5. The number of esters is 3. The number of hydrogen-bond acceptors (Lipinski definition) is 11. The zero-order valence-corrected chi connectivity index (χ0v) is 50.7.